The maximum absolute atomic E-state index is 6.20. The lowest BCUT2D eigenvalue weighted by molar-refractivity contribution is 0.0497. The van der Waals surface area contributed by atoms with E-state index in [1.165, 1.54) is 45.3 Å². The van der Waals surface area contributed by atoms with Crippen molar-refractivity contribution in [2.75, 3.05) is 26.7 Å². The van der Waals surface area contributed by atoms with Crippen molar-refractivity contribution in [3.63, 3.8) is 0 Å². The molecule has 2 heterocycles. The van der Waals surface area contributed by atoms with Crippen molar-refractivity contribution < 1.29 is 0 Å². The average molecular weight is 239 g/mol. The van der Waals surface area contributed by atoms with Gasteiger partial charge in [0.2, 0.25) is 0 Å². The highest BCUT2D eigenvalue weighted by atomic mass is 15.2. The number of hydrogen-bond donors (Lipinski definition) is 1. The van der Waals surface area contributed by atoms with E-state index in [2.05, 4.69) is 30.7 Å². The third-order valence-electron chi connectivity index (χ3n) is 5.05. The first-order valence-electron chi connectivity index (χ1n) is 7.31. The molecule has 0 bridgehead atoms. The molecular weight excluding hydrogens is 210 g/mol. The molecule has 100 valence electrons. The number of nitrogens with zero attached hydrogens (tertiary/aromatic N) is 2. The summed E-state index contributed by atoms with van der Waals surface area (Å²) in [6.45, 7) is 8.35. The molecule has 3 nitrogen and oxygen atoms in total. The fourth-order valence-electron chi connectivity index (χ4n) is 3.44. The Hall–Kier alpha value is -0.120. The Morgan fingerprint density at radius 1 is 1.24 bits per heavy atom. The minimum absolute atomic E-state index is 0.444. The van der Waals surface area contributed by atoms with E-state index in [1.54, 1.807) is 0 Å². The first-order chi connectivity index (χ1) is 8.11. The summed E-state index contributed by atoms with van der Waals surface area (Å²) in [6.07, 6.45) is 5.10. The van der Waals surface area contributed by atoms with Gasteiger partial charge in [0.05, 0.1) is 0 Å². The van der Waals surface area contributed by atoms with E-state index < -0.39 is 0 Å². The molecule has 0 aromatic rings. The quantitative estimate of drug-likeness (QED) is 0.793. The zero-order valence-corrected chi connectivity index (χ0v) is 11.7. The summed E-state index contributed by atoms with van der Waals surface area (Å²) in [7, 11) is 2.25. The summed E-state index contributed by atoms with van der Waals surface area (Å²) >= 11 is 0. The van der Waals surface area contributed by atoms with Gasteiger partial charge in [-0.05, 0) is 52.2 Å². The third kappa shape index (κ3) is 3.01. The van der Waals surface area contributed by atoms with Crippen LogP contribution in [-0.2, 0) is 0 Å². The predicted molar refractivity (Wildman–Crippen MR) is 73.1 cm³/mol. The SMILES string of the molecule is CCC1CN(C2CCN(C)C(C)C2)CCC1N. The van der Waals surface area contributed by atoms with Gasteiger partial charge in [-0.2, -0.15) is 0 Å². The van der Waals surface area contributed by atoms with Crippen LogP contribution in [-0.4, -0.2) is 54.6 Å². The largest absolute Gasteiger partial charge is 0.327 e. The van der Waals surface area contributed by atoms with Crippen LogP contribution in [0, 0.1) is 5.92 Å². The number of hydrogen-bond acceptors (Lipinski definition) is 3. The minimum Gasteiger partial charge on any atom is -0.327 e. The summed E-state index contributed by atoms with van der Waals surface area (Å²) in [5.41, 5.74) is 6.20. The van der Waals surface area contributed by atoms with Gasteiger partial charge in [-0.3, -0.25) is 4.90 Å². The van der Waals surface area contributed by atoms with E-state index in [0.717, 1.165) is 18.0 Å². The van der Waals surface area contributed by atoms with E-state index >= 15 is 0 Å². The molecule has 2 rings (SSSR count). The first-order valence-corrected chi connectivity index (χ1v) is 7.31. The number of rotatable bonds is 2. The molecule has 3 heteroatoms. The molecule has 2 N–H and O–H groups in total. The van der Waals surface area contributed by atoms with Gasteiger partial charge in [-0.15, -0.1) is 0 Å². The molecule has 2 aliphatic rings. The molecule has 0 aromatic heterocycles. The Morgan fingerprint density at radius 3 is 2.65 bits per heavy atom. The van der Waals surface area contributed by atoms with Gasteiger partial charge in [0.25, 0.3) is 0 Å². The van der Waals surface area contributed by atoms with Gasteiger partial charge in [0.15, 0.2) is 0 Å². The van der Waals surface area contributed by atoms with Crippen molar-refractivity contribution in [2.24, 2.45) is 11.7 Å². The topological polar surface area (TPSA) is 32.5 Å². The van der Waals surface area contributed by atoms with Crippen molar-refractivity contribution >= 4 is 0 Å². The zero-order chi connectivity index (χ0) is 12.4. The maximum atomic E-state index is 6.20. The van der Waals surface area contributed by atoms with Gasteiger partial charge in [-0.25, -0.2) is 0 Å². The molecule has 0 aromatic carbocycles. The van der Waals surface area contributed by atoms with Crippen LogP contribution in [0.25, 0.3) is 0 Å². The van der Waals surface area contributed by atoms with Crippen LogP contribution in [0.15, 0.2) is 0 Å². The smallest absolute Gasteiger partial charge is 0.0122 e. The molecule has 2 fully saturated rings. The van der Waals surface area contributed by atoms with Crippen molar-refractivity contribution in [2.45, 2.75) is 57.7 Å². The maximum Gasteiger partial charge on any atom is 0.0122 e. The lowest BCUT2D eigenvalue weighted by atomic mass is 9.87. The zero-order valence-electron chi connectivity index (χ0n) is 11.7. The Labute approximate surface area is 106 Å². The summed E-state index contributed by atoms with van der Waals surface area (Å²) in [5.74, 6) is 0.721. The Morgan fingerprint density at radius 2 is 2.00 bits per heavy atom. The lowest BCUT2D eigenvalue weighted by Gasteiger charge is -2.45. The molecule has 17 heavy (non-hydrogen) atoms. The van der Waals surface area contributed by atoms with Crippen LogP contribution >= 0.6 is 0 Å². The van der Waals surface area contributed by atoms with Crippen LogP contribution in [0.5, 0.6) is 0 Å². The molecule has 4 unspecified atom stereocenters. The molecule has 0 aliphatic carbocycles. The molecule has 0 radical (unpaired) electrons. The van der Waals surface area contributed by atoms with Crippen LogP contribution in [0.2, 0.25) is 0 Å². The first kappa shape index (κ1) is 13.3. The van der Waals surface area contributed by atoms with Crippen molar-refractivity contribution in [3.8, 4) is 0 Å². The van der Waals surface area contributed by atoms with Gasteiger partial charge in [0.1, 0.15) is 0 Å². The highest BCUT2D eigenvalue weighted by Gasteiger charge is 2.32. The second-order valence-corrected chi connectivity index (χ2v) is 6.12. The average Bonchev–Trinajstić information content (AvgIpc) is 2.33. The molecular formula is C14H29N3. The van der Waals surface area contributed by atoms with E-state index in [4.69, 9.17) is 5.73 Å². The summed E-state index contributed by atoms with van der Waals surface area (Å²) < 4.78 is 0. The molecule has 2 aliphatic heterocycles. The van der Waals surface area contributed by atoms with Crippen molar-refractivity contribution in [1.82, 2.24) is 9.80 Å². The number of likely N-dealkylation sites (tertiary alicyclic amines) is 2. The normalized spacial score (nSPS) is 41.6. The van der Waals surface area contributed by atoms with E-state index in [0.29, 0.717) is 6.04 Å². The fraction of sp³-hybridized carbons (Fsp3) is 1.00. The van der Waals surface area contributed by atoms with Crippen LogP contribution in [0.1, 0.15) is 39.5 Å². The monoisotopic (exact) mass is 239 g/mol. The molecule has 0 spiro atoms. The van der Waals surface area contributed by atoms with Gasteiger partial charge in [-0.1, -0.05) is 13.3 Å². The van der Waals surface area contributed by atoms with E-state index in [-0.39, 0.29) is 0 Å². The minimum atomic E-state index is 0.444. The number of nitrogens with two attached hydrogens (primary N) is 1. The van der Waals surface area contributed by atoms with E-state index in [1.807, 2.05) is 0 Å². The van der Waals surface area contributed by atoms with Crippen molar-refractivity contribution in [1.29, 1.82) is 0 Å². The molecule has 0 amide bonds. The van der Waals surface area contributed by atoms with Crippen molar-refractivity contribution in [3.05, 3.63) is 0 Å². The van der Waals surface area contributed by atoms with Gasteiger partial charge < -0.3 is 10.6 Å². The third-order valence-corrected chi connectivity index (χ3v) is 5.05. The summed E-state index contributed by atoms with van der Waals surface area (Å²) in [4.78, 5) is 5.21. The Bertz CT molecular complexity index is 244. The molecule has 0 saturated carbocycles. The second-order valence-electron chi connectivity index (χ2n) is 6.12. The predicted octanol–water partition coefficient (Wildman–Crippen LogP) is 1.53. The fourth-order valence-corrected chi connectivity index (χ4v) is 3.44. The van der Waals surface area contributed by atoms with Crippen LogP contribution in [0.4, 0.5) is 0 Å². The van der Waals surface area contributed by atoms with E-state index in [9.17, 15) is 0 Å². The van der Waals surface area contributed by atoms with Gasteiger partial charge in [0, 0.05) is 24.7 Å². The highest BCUT2D eigenvalue weighted by Crippen LogP contribution is 2.26. The van der Waals surface area contributed by atoms with Crippen LogP contribution < -0.4 is 5.73 Å². The lowest BCUT2D eigenvalue weighted by Crippen LogP contribution is -2.54. The Balaban J connectivity index is 1.90. The summed E-state index contributed by atoms with van der Waals surface area (Å²) in [5, 5.41) is 0. The second kappa shape index (κ2) is 5.68. The standard InChI is InChI=1S/C14H29N3/c1-4-12-10-17(8-6-14(12)15)13-5-7-16(3)11(2)9-13/h11-14H,4-10,15H2,1-3H3. The number of piperidine rings is 2. The Kier molecular flexibility index (Phi) is 4.45. The molecule has 2 saturated heterocycles. The highest BCUT2D eigenvalue weighted by molar-refractivity contribution is 4.89. The van der Waals surface area contributed by atoms with Gasteiger partial charge >= 0.3 is 0 Å². The summed E-state index contributed by atoms with van der Waals surface area (Å²) in [6, 6.07) is 1.99. The van der Waals surface area contributed by atoms with Crippen LogP contribution in [0.3, 0.4) is 0 Å². The molecule has 4 atom stereocenters.